The minimum absolute atomic E-state index is 0.0405. The van der Waals surface area contributed by atoms with E-state index in [0.29, 0.717) is 6.42 Å². The summed E-state index contributed by atoms with van der Waals surface area (Å²) >= 11 is 0. The first-order chi connectivity index (χ1) is 17.5. The smallest absolute Gasteiger partial charge is 0.303 e. The average Bonchev–Trinajstić information content (AvgIpc) is 2.82. The van der Waals surface area contributed by atoms with E-state index in [1.165, 1.54) is 0 Å². The van der Waals surface area contributed by atoms with E-state index < -0.39 is 16.8 Å². The third-order valence-electron chi connectivity index (χ3n) is 12.9. The summed E-state index contributed by atoms with van der Waals surface area (Å²) in [5, 5.41) is 19.5. The lowest BCUT2D eigenvalue weighted by Crippen LogP contribution is -2.64. The van der Waals surface area contributed by atoms with Gasteiger partial charge in [0.2, 0.25) is 0 Å². The minimum Gasteiger partial charge on any atom is -0.481 e. The highest BCUT2D eigenvalue weighted by atomic mass is 16.4. The molecule has 3 fully saturated rings. The normalized spacial score (nSPS) is 44.8. The van der Waals surface area contributed by atoms with Crippen molar-refractivity contribution >= 4 is 17.5 Å². The number of carbonyl (C=O) groups excluding carboxylic acids is 2. The fourth-order valence-electron chi connectivity index (χ4n) is 10.5. The number of nitrogens with zero attached hydrogens (tertiary/aromatic N) is 1. The molecule has 0 saturated heterocycles. The number of Topliss-reactive ketones (excluding diaryl/α,β-unsaturated/α-hetero) is 1. The van der Waals surface area contributed by atoms with E-state index in [0.717, 1.165) is 50.5 Å². The number of carbonyl (C=O) groups is 3. The van der Waals surface area contributed by atoms with E-state index in [2.05, 4.69) is 40.7 Å². The van der Waals surface area contributed by atoms with Crippen molar-refractivity contribution in [2.24, 2.45) is 50.2 Å². The van der Waals surface area contributed by atoms with Crippen molar-refractivity contribution in [3.05, 3.63) is 23.3 Å². The number of allylic oxidation sites excluding steroid dienone is 4. The van der Waals surface area contributed by atoms with Gasteiger partial charge in [-0.25, -0.2) is 0 Å². The molecule has 0 aliphatic heterocycles. The predicted octanol–water partition coefficient (Wildman–Crippen LogP) is 7.07. The Morgan fingerprint density at radius 2 is 1.68 bits per heavy atom. The molecular weight excluding hydrogens is 474 g/mol. The zero-order valence-corrected chi connectivity index (χ0v) is 24.4. The average molecular weight is 520 g/mol. The van der Waals surface area contributed by atoms with Gasteiger partial charge in [0, 0.05) is 23.2 Å². The van der Waals surface area contributed by atoms with Crippen molar-refractivity contribution in [1.29, 1.82) is 5.26 Å². The lowest BCUT2D eigenvalue weighted by Gasteiger charge is -2.69. The van der Waals surface area contributed by atoms with Gasteiger partial charge in [0.1, 0.15) is 6.07 Å². The molecule has 0 spiro atoms. The van der Waals surface area contributed by atoms with Crippen molar-refractivity contribution in [3.8, 4) is 6.07 Å². The second-order valence-corrected chi connectivity index (χ2v) is 15.5. The summed E-state index contributed by atoms with van der Waals surface area (Å²) in [7, 11) is 0. The van der Waals surface area contributed by atoms with Gasteiger partial charge in [-0.15, -0.1) is 0 Å². The largest absolute Gasteiger partial charge is 0.481 e. The fraction of sp³-hybridized carbons (Fsp3) is 0.758. The second kappa shape index (κ2) is 8.15. The molecule has 5 rings (SSSR count). The maximum Gasteiger partial charge on any atom is 0.303 e. The van der Waals surface area contributed by atoms with Crippen LogP contribution in [0.4, 0.5) is 0 Å². The molecule has 0 heterocycles. The van der Waals surface area contributed by atoms with Crippen LogP contribution in [0.1, 0.15) is 106 Å². The number of carboxylic acids is 1. The van der Waals surface area contributed by atoms with E-state index in [1.54, 1.807) is 0 Å². The summed E-state index contributed by atoms with van der Waals surface area (Å²) in [6.07, 6.45) is 11.4. The molecule has 5 aliphatic carbocycles. The van der Waals surface area contributed by atoms with Crippen LogP contribution in [0.15, 0.2) is 23.3 Å². The number of hydrogen-bond donors (Lipinski definition) is 1. The highest BCUT2D eigenvalue weighted by molar-refractivity contribution is 6.04. The number of nitriles is 1. The number of fused-ring (bicyclic) bond motifs is 7. The Bertz CT molecular complexity index is 1220. The van der Waals surface area contributed by atoms with E-state index in [9.17, 15) is 24.8 Å². The first kappa shape index (κ1) is 27.4. The van der Waals surface area contributed by atoms with Crippen molar-refractivity contribution in [1.82, 2.24) is 0 Å². The van der Waals surface area contributed by atoms with Crippen LogP contribution in [0.3, 0.4) is 0 Å². The van der Waals surface area contributed by atoms with Crippen LogP contribution < -0.4 is 0 Å². The molecule has 3 saturated carbocycles. The zero-order chi connectivity index (χ0) is 28.1. The van der Waals surface area contributed by atoms with E-state index in [4.69, 9.17) is 0 Å². The zero-order valence-electron chi connectivity index (χ0n) is 24.4. The Kier molecular flexibility index (Phi) is 5.87. The molecule has 206 valence electrons. The summed E-state index contributed by atoms with van der Waals surface area (Å²) in [5.74, 6) is -0.559. The summed E-state index contributed by atoms with van der Waals surface area (Å²) in [6.45, 7) is 15.4. The Morgan fingerprint density at radius 3 is 2.32 bits per heavy atom. The third-order valence-corrected chi connectivity index (χ3v) is 12.9. The number of hydrogen-bond acceptors (Lipinski definition) is 4. The monoisotopic (exact) mass is 519 g/mol. The molecule has 1 N–H and O–H groups in total. The molecule has 5 aliphatic rings. The summed E-state index contributed by atoms with van der Waals surface area (Å²) in [5.41, 5.74) is -0.293. The number of rotatable bonds is 3. The van der Waals surface area contributed by atoms with Crippen molar-refractivity contribution in [2.45, 2.75) is 106 Å². The third kappa shape index (κ3) is 3.44. The maximum atomic E-state index is 14.4. The van der Waals surface area contributed by atoms with Gasteiger partial charge in [0.25, 0.3) is 0 Å². The van der Waals surface area contributed by atoms with Crippen molar-refractivity contribution < 1.29 is 19.5 Å². The SMILES string of the molecule is CC1(C)CC[C@]2(CCC(=O)O)CC[C@]3(C)[C@@H](C(=O)C=C4[C@@]5(C)C=C(C#N)C(=O)C(C)(C)[C@@H]5CC[C@]43C)C2C1. The number of aliphatic carboxylic acids is 1. The maximum absolute atomic E-state index is 14.4. The van der Waals surface area contributed by atoms with Crippen molar-refractivity contribution in [3.63, 3.8) is 0 Å². The standard InChI is InChI=1S/C33H45NO4/c1-28(2)12-14-33(11-9-25(36)37)15-13-32(7)26(21(33)18-28)22(35)16-24-30(5)17-20(19-34)27(38)29(3,4)23(30)8-10-31(24,32)6/h16-17,21,23,26H,8-15,18H2,1-7H3,(H,36,37)/t21?,23-,26+,30-,31+,32+,33+/m0/s1. The summed E-state index contributed by atoms with van der Waals surface area (Å²) in [6, 6.07) is 2.18. The van der Waals surface area contributed by atoms with Crippen LogP contribution in [0, 0.1) is 61.6 Å². The summed E-state index contributed by atoms with van der Waals surface area (Å²) < 4.78 is 0. The van der Waals surface area contributed by atoms with E-state index in [-0.39, 0.29) is 63.0 Å². The molecule has 0 aromatic heterocycles. The topological polar surface area (TPSA) is 95.2 Å². The molecule has 5 heteroatoms. The predicted molar refractivity (Wildman–Crippen MR) is 146 cm³/mol. The summed E-state index contributed by atoms with van der Waals surface area (Å²) in [4.78, 5) is 39.3. The van der Waals surface area contributed by atoms with Crippen LogP contribution in [0.5, 0.6) is 0 Å². The lowest BCUT2D eigenvalue weighted by atomic mass is 9.34. The van der Waals surface area contributed by atoms with Gasteiger partial charge >= 0.3 is 5.97 Å². The van der Waals surface area contributed by atoms with Crippen LogP contribution in [-0.2, 0) is 14.4 Å². The highest BCUT2D eigenvalue weighted by Crippen LogP contribution is 2.75. The van der Waals surface area contributed by atoms with Crippen LogP contribution >= 0.6 is 0 Å². The van der Waals surface area contributed by atoms with E-state index in [1.807, 2.05) is 26.0 Å². The first-order valence-corrected chi connectivity index (χ1v) is 14.6. The first-order valence-electron chi connectivity index (χ1n) is 14.6. The Morgan fingerprint density at radius 1 is 1.03 bits per heavy atom. The Labute approximate surface area is 228 Å². The van der Waals surface area contributed by atoms with E-state index >= 15 is 0 Å². The van der Waals surface area contributed by atoms with Crippen molar-refractivity contribution in [2.75, 3.05) is 0 Å². The fourth-order valence-corrected chi connectivity index (χ4v) is 10.5. The number of carboxylic acid groups (broad SMARTS) is 1. The van der Waals surface area contributed by atoms with Gasteiger partial charge in [-0.2, -0.15) is 5.26 Å². The van der Waals surface area contributed by atoms with Crippen LogP contribution in [0.2, 0.25) is 0 Å². The molecule has 0 aromatic rings. The van der Waals surface area contributed by atoms with Gasteiger partial charge in [0.05, 0.1) is 5.57 Å². The lowest BCUT2D eigenvalue weighted by molar-refractivity contribution is -0.173. The highest BCUT2D eigenvalue weighted by Gasteiger charge is 2.69. The second-order valence-electron chi connectivity index (χ2n) is 15.5. The Balaban J connectivity index is 1.66. The van der Waals surface area contributed by atoms with Crippen LogP contribution in [-0.4, -0.2) is 22.6 Å². The Hall–Kier alpha value is -2.22. The minimum atomic E-state index is -0.749. The molecule has 0 bridgehead atoms. The van der Waals surface area contributed by atoms with Gasteiger partial charge in [-0.3, -0.25) is 14.4 Å². The number of ketones is 2. The van der Waals surface area contributed by atoms with Gasteiger partial charge < -0.3 is 5.11 Å². The van der Waals surface area contributed by atoms with Crippen LogP contribution in [0.25, 0.3) is 0 Å². The molecular formula is C33H45NO4. The molecule has 1 unspecified atom stereocenters. The molecule has 5 nitrogen and oxygen atoms in total. The quantitative estimate of drug-likeness (QED) is 0.430. The van der Waals surface area contributed by atoms with Gasteiger partial charge in [-0.05, 0) is 90.9 Å². The molecule has 0 radical (unpaired) electrons. The molecule has 0 amide bonds. The molecule has 7 atom stereocenters. The molecule has 0 aromatic carbocycles. The van der Waals surface area contributed by atoms with Gasteiger partial charge in [-0.1, -0.05) is 60.1 Å². The molecule has 38 heavy (non-hydrogen) atoms. The van der Waals surface area contributed by atoms with Gasteiger partial charge in [0.15, 0.2) is 11.6 Å².